The molecule has 128 valence electrons. The second kappa shape index (κ2) is 8.83. The second-order valence-electron chi connectivity index (χ2n) is 5.09. The van der Waals surface area contributed by atoms with Crippen LogP contribution in [-0.4, -0.2) is 25.3 Å². The molecule has 3 N–H and O–H groups in total. The van der Waals surface area contributed by atoms with E-state index in [4.69, 9.17) is 15.2 Å². The predicted octanol–water partition coefficient (Wildman–Crippen LogP) is 2.60. The number of benzene rings is 2. The Balaban J connectivity index is 1.66. The van der Waals surface area contributed by atoms with E-state index >= 15 is 0 Å². The lowest BCUT2D eigenvalue weighted by Crippen LogP contribution is -2.41. The summed E-state index contributed by atoms with van der Waals surface area (Å²) in [6.45, 7) is 0.314. The number of nitrogens with one attached hydrogen (secondary N) is 1. The van der Waals surface area contributed by atoms with Gasteiger partial charge in [0.1, 0.15) is 19.0 Å². The molecule has 0 aliphatic rings. The van der Waals surface area contributed by atoms with E-state index in [-0.39, 0.29) is 25.5 Å². The third-order valence-corrected chi connectivity index (χ3v) is 3.08. The fourth-order valence-electron chi connectivity index (χ4n) is 1.82. The molecule has 1 unspecified atom stereocenters. The molecule has 0 spiro atoms. The van der Waals surface area contributed by atoms with Crippen molar-refractivity contribution in [2.45, 2.75) is 12.6 Å². The maximum atomic E-state index is 13.0. The SMILES string of the molecule is NC(CNC(=O)OCc1ccccc1)COc1ccc(F)c(F)c1. The summed E-state index contributed by atoms with van der Waals surface area (Å²) in [5.74, 6) is -1.78. The van der Waals surface area contributed by atoms with Crippen molar-refractivity contribution in [2.75, 3.05) is 13.2 Å². The molecule has 0 bridgehead atoms. The summed E-state index contributed by atoms with van der Waals surface area (Å²) in [6, 6.07) is 11.9. The molecule has 2 rings (SSSR count). The van der Waals surface area contributed by atoms with Gasteiger partial charge in [-0.05, 0) is 17.7 Å². The Kier molecular flexibility index (Phi) is 6.51. The van der Waals surface area contributed by atoms with Crippen molar-refractivity contribution in [1.82, 2.24) is 5.32 Å². The normalized spacial score (nSPS) is 11.6. The number of rotatable bonds is 7. The molecule has 24 heavy (non-hydrogen) atoms. The number of nitrogens with two attached hydrogens (primary N) is 1. The van der Waals surface area contributed by atoms with Gasteiger partial charge in [0, 0.05) is 12.6 Å². The molecule has 1 atom stereocenters. The lowest BCUT2D eigenvalue weighted by molar-refractivity contribution is 0.138. The second-order valence-corrected chi connectivity index (χ2v) is 5.09. The highest BCUT2D eigenvalue weighted by Crippen LogP contribution is 2.15. The van der Waals surface area contributed by atoms with Crippen LogP contribution in [0.25, 0.3) is 0 Å². The Morgan fingerprint density at radius 1 is 1.12 bits per heavy atom. The van der Waals surface area contributed by atoms with Crippen molar-refractivity contribution < 1.29 is 23.0 Å². The predicted molar refractivity (Wildman–Crippen MR) is 84.5 cm³/mol. The number of ether oxygens (including phenoxy) is 2. The first-order chi connectivity index (χ1) is 11.5. The number of halogens is 2. The van der Waals surface area contributed by atoms with Crippen molar-refractivity contribution in [3.05, 3.63) is 65.7 Å². The quantitative estimate of drug-likeness (QED) is 0.815. The first kappa shape index (κ1) is 17.7. The molecule has 0 aliphatic heterocycles. The highest BCUT2D eigenvalue weighted by atomic mass is 19.2. The summed E-state index contributed by atoms with van der Waals surface area (Å²) >= 11 is 0. The Bertz CT molecular complexity index is 668. The van der Waals surface area contributed by atoms with Gasteiger partial charge in [-0.25, -0.2) is 13.6 Å². The number of hydrogen-bond donors (Lipinski definition) is 2. The zero-order valence-electron chi connectivity index (χ0n) is 12.9. The van der Waals surface area contributed by atoms with Gasteiger partial charge in [-0.3, -0.25) is 0 Å². The number of carbonyl (C=O) groups is 1. The van der Waals surface area contributed by atoms with Gasteiger partial charge in [-0.2, -0.15) is 0 Å². The highest BCUT2D eigenvalue weighted by molar-refractivity contribution is 5.67. The minimum atomic E-state index is -0.997. The van der Waals surface area contributed by atoms with E-state index in [1.165, 1.54) is 6.07 Å². The van der Waals surface area contributed by atoms with E-state index < -0.39 is 23.8 Å². The van der Waals surface area contributed by atoms with Gasteiger partial charge in [0.2, 0.25) is 0 Å². The van der Waals surface area contributed by atoms with Gasteiger partial charge in [0.25, 0.3) is 0 Å². The lowest BCUT2D eigenvalue weighted by Gasteiger charge is -2.14. The molecular weight excluding hydrogens is 318 g/mol. The Morgan fingerprint density at radius 2 is 1.88 bits per heavy atom. The molecule has 2 aromatic carbocycles. The van der Waals surface area contributed by atoms with Crippen molar-refractivity contribution in [3.63, 3.8) is 0 Å². The Morgan fingerprint density at radius 3 is 2.58 bits per heavy atom. The lowest BCUT2D eigenvalue weighted by atomic mass is 10.2. The first-order valence-electron chi connectivity index (χ1n) is 7.32. The maximum Gasteiger partial charge on any atom is 0.407 e. The molecule has 0 saturated carbocycles. The van der Waals surface area contributed by atoms with E-state index in [0.29, 0.717) is 0 Å². The molecule has 0 saturated heterocycles. The van der Waals surface area contributed by atoms with Crippen molar-refractivity contribution >= 4 is 6.09 Å². The van der Waals surface area contributed by atoms with Crippen molar-refractivity contribution in [2.24, 2.45) is 5.73 Å². The number of hydrogen-bond acceptors (Lipinski definition) is 4. The van der Waals surface area contributed by atoms with Gasteiger partial charge >= 0.3 is 6.09 Å². The molecule has 0 aromatic heterocycles. The van der Waals surface area contributed by atoms with Crippen LogP contribution in [0.2, 0.25) is 0 Å². The third kappa shape index (κ3) is 5.85. The number of amides is 1. The van der Waals surface area contributed by atoms with Crippen molar-refractivity contribution in [1.29, 1.82) is 0 Å². The summed E-state index contributed by atoms with van der Waals surface area (Å²) in [6.07, 6.45) is -0.595. The minimum absolute atomic E-state index is 0.0318. The summed E-state index contributed by atoms with van der Waals surface area (Å²) in [5, 5.41) is 2.51. The van der Waals surface area contributed by atoms with Gasteiger partial charge in [0.05, 0.1) is 6.04 Å². The standard InChI is InChI=1S/C17H18F2N2O3/c18-15-7-6-14(8-16(15)19)23-11-13(20)9-21-17(22)24-10-12-4-2-1-3-5-12/h1-8,13H,9-11,20H2,(H,21,22). The van der Waals surface area contributed by atoms with E-state index in [1.807, 2.05) is 30.3 Å². The molecule has 0 aliphatic carbocycles. The summed E-state index contributed by atoms with van der Waals surface area (Å²) < 4.78 is 36.1. The Labute approximate surface area is 138 Å². The van der Waals surface area contributed by atoms with Gasteiger partial charge in [-0.15, -0.1) is 0 Å². The minimum Gasteiger partial charge on any atom is -0.492 e. The first-order valence-corrected chi connectivity index (χ1v) is 7.32. The van der Waals surface area contributed by atoms with E-state index in [9.17, 15) is 13.6 Å². The van der Waals surface area contributed by atoms with E-state index in [0.717, 1.165) is 17.7 Å². The zero-order valence-corrected chi connectivity index (χ0v) is 12.9. The Hall–Kier alpha value is -2.67. The molecule has 5 nitrogen and oxygen atoms in total. The van der Waals surface area contributed by atoms with Crippen LogP contribution in [0.1, 0.15) is 5.56 Å². The molecule has 0 heterocycles. The molecule has 0 fully saturated rings. The molecular formula is C17H18F2N2O3. The monoisotopic (exact) mass is 336 g/mol. The maximum absolute atomic E-state index is 13.0. The van der Waals surface area contributed by atoms with E-state index in [1.54, 1.807) is 0 Å². The zero-order chi connectivity index (χ0) is 17.4. The number of alkyl carbamates (subject to hydrolysis) is 1. The van der Waals surface area contributed by atoms with Crippen LogP contribution >= 0.6 is 0 Å². The average Bonchev–Trinajstić information content (AvgIpc) is 2.60. The fraction of sp³-hybridized carbons (Fsp3) is 0.235. The van der Waals surface area contributed by atoms with Crippen LogP contribution in [0.5, 0.6) is 5.75 Å². The van der Waals surface area contributed by atoms with Crippen LogP contribution in [0.4, 0.5) is 13.6 Å². The molecule has 7 heteroatoms. The summed E-state index contributed by atoms with van der Waals surface area (Å²) in [5.41, 5.74) is 6.66. The van der Waals surface area contributed by atoms with Crippen LogP contribution in [0, 0.1) is 11.6 Å². The number of carbonyl (C=O) groups excluding carboxylic acids is 1. The van der Waals surface area contributed by atoms with Gasteiger partial charge in [0.15, 0.2) is 11.6 Å². The molecule has 1 amide bonds. The highest BCUT2D eigenvalue weighted by Gasteiger charge is 2.09. The smallest absolute Gasteiger partial charge is 0.407 e. The summed E-state index contributed by atoms with van der Waals surface area (Å²) in [7, 11) is 0. The topological polar surface area (TPSA) is 73.6 Å². The largest absolute Gasteiger partial charge is 0.492 e. The van der Waals surface area contributed by atoms with Crippen molar-refractivity contribution in [3.8, 4) is 5.75 Å². The van der Waals surface area contributed by atoms with Crippen LogP contribution in [0.15, 0.2) is 48.5 Å². The van der Waals surface area contributed by atoms with Crippen LogP contribution < -0.4 is 15.8 Å². The molecule has 2 aromatic rings. The summed E-state index contributed by atoms with van der Waals surface area (Å²) in [4.78, 5) is 11.6. The average molecular weight is 336 g/mol. The molecule has 0 radical (unpaired) electrons. The van der Waals surface area contributed by atoms with E-state index in [2.05, 4.69) is 5.32 Å². The third-order valence-electron chi connectivity index (χ3n) is 3.08. The van der Waals surface area contributed by atoms with Gasteiger partial charge in [-0.1, -0.05) is 30.3 Å². The van der Waals surface area contributed by atoms with Gasteiger partial charge < -0.3 is 20.5 Å². The fourth-order valence-corrected chi connectivity index (χ4v) is 1.82. The van der Waals surface area contributed by atoms with Crippen LogP contribution in [-0.2, 0) is 11.3 Å². The van der Waals surface area contributed by atoms with Crippen LogP contribution in [0.3, 0.4) is 0 Å².